The van der Waals surface area contributed by atoms with Gasteiger partial charge in [0.2, 0.25) is 20.0 Å². The number of nitrogens with two attached hydrogens (primary N) is 1. The second-order valence-corrected chi connectivity index (χ2v) is 8.63. The first kappa shape index (κ1) is 19.8. The van der Waals surface area contributed by atoms with Gasteiger partial charge in [-0.1, -0.05) is 12.1 Å². The molecule has 0 saturated heterocycles. The molecule has 0 unspecified atom stereocenters. The van der Waals surface area contributed by atoms with Crippen molar-refractivity contribution < 1.29 is 21.8 Å². The molecule has 0 bridgehead atoms. The molecule has 12 heteroatoms. The Morgan fingerprint density at radius 3 is 2.12 bits per heavy atom. The van der Waals surface area contributed by atoms with Crippen LogP contribution in [0, 0.1) is 10.1 Å². The fourth-order valence-corrected chi connectivity index (χ4v) is 3.36. The van der Waals surface area contributed by atoms with Gasteiger partial charge in [-0.15, -0.1) is 0 Å². The standard InChI is InChI=1S/C14H16N4O6S2/c1-16-26(23,24)12-6-7-13(14(8-12)18(19)20)17-9-10-2-4-11(5-3-10)25(15,21)22/h2-8,16-17H,9H2,1H3,(H2,15,21,22). The van der Waals surface area contributed by atoms with Crippen LogP contribution in [-0.4, -0.2) is 28.8 Å². The van der Waals surface area contributed by atoms with Crippen LogP contribution in [0.25, 0.3) is 0 Å². The Balaban J connectivity index is 2.25. The SMILES string of the molecule is CNS(=O)(=O)c1ccc(NCc2ccc(S(N)(=O)=O)cc2)c([N+](=O)[O-])c1. The number of primary sulfonamides is 1. The molecule has 0 heterocycles. The predicted molar refractivity (Wildman–Crippen MR) is 94.5 cm³/mol. The fourth-order valence-electron chi connectivity index (χ4n) is 2.09. The van der Waals surface area contributed by atoms with E-state index < -0.39 is 30.7 Å². The monoisotopic (exact) mass is 400 g/mol. The van der Waals surface area contributed by atoms with Gasteiger partial charge in [0, 0.05) is 12.6 Å². The van der Waals surface area contributed by atoms with Crippen LogP contribution in [-0.2, 0) is 26.6 Å². The molecule has 26 heavy (non-hydrogen) atoms. The number of nitrogens with zero attached hydrogens (tertiary/aromatic N) is 1. The van der Waals surface area contributed by atoms with E-state index in [0.29, 0.717) is 5.56 Å². The second-order valence-electron chi connectivity index (χ2n) is 5.19. The molecule has 0 aliphatic carbocycles. The van der Waals surface area contributed by atoms with Crippen LogP contribution in [0.2, 0.25) is 0 Å². The molecule has 0 amide bonds. The van der Waals surface area contributed by atoms with Crippen molar-refractivity contribution in [1.29, 1.82) is 0 Å². The molecule has 0 aliphatic rings. The number of hydrogen-bond donors (Lipinski definition) is 3. The lowest BCUT2D eigenvalue weighted by Gasteiger charge is -2.09. The predicted octanol–water partition coefficient (Wildman–Crippen LogP) is 0.762. The molecule has 140 valence electrons. The average Bonchev–Trinajstić information content (AvgIpc) is 2.59. The minimum Gasteiger partial charge on any atom is -0.375 e. The fraction of sp³-hybridized carbons (Fsp3) is 0.143. The molecule has 0 saturated carbocycles. The van der Waals surface area contributed by atoms with E-state index in [0.717, 1.165) is 6.07 Å². The van der Waals surface area contributed by atoms with Crippen molar-refractivity contribution in [2.45, 2.75) is 16.3 Å². The van der Waals surface area contributed by atoms with Crippen LogP contribution in [0.3, 0.4) is 0 Å². The lowest BCUT2D eigenvalue weighted by Crippen LogP contribution is -2.18. The van der Waals surface area contributed by atoms with Crippen molar-refractivity contribution >= 4 is 31.4 Å². The minimum absolute atomic E-state index is 0.0474. The number of benzene rings is 2. The third kappa shape index (κ3) is 4.54. The molecule has 0 fully saturated rings. The Bertz CT molecular complexity index is 1030. The molecule has 0 radical (unpaired) electrons. The third-order valence-electron chi connectivity index (χ3n) is 3.48. The summed E-state index contributed by atoms with van der Waals surface area (Å²) in [6, 6.07) is 9.16. The molecule has 2 aromatic rings. The summed E-state index contributed by atoms with van der Waals surface area (Å²) in [6.45, 7) is 0.157. The van der Waals surface area contributed by atoms with Gasteiger partial charge in [0.15, 0.2) is 0 Å². The molecule has 2 rings (SSSR count). The number of nitro groups is 1. The van der Waals surface area contributed by atoms with E-state index in [1.165, 1.54) is 43.4 Å². The number of nitro benzene ring substituents is 1. The Morgan fingerprint density at radius 2 is 1.62 bits per heavy atom. The van der Waals surface area contributed by atoms with Crippen molar-refractivity contribution in [3.05, 3.63) is 58.1 Å². The summed E-state index contributed by atoms with van der Waals surface area (Å²) < 4.78 is 48.0. The van der Waals surface area contributed by atoms with E-state index >= 15 is 0 Å². The normalized spacial score (nSPS) is 11.9. The van der Waals surface area contributed by atoms with Crippen LogP contribution in [0.15, 0.2) is 52.3 Å². The first-order valence-electron chi connectivity index (χ1n) is 7.12. The summed E-state index contributed by atoms with van der Waals surface area (Å²) in [5.41, 5.74) is 0.377. The highest BCUT2D eigenvalue weighted by molar-refractivity contribution is 7.89. The Labute approximate surface area is 150 Å². The zero-order chi connectivity index (χ0) is 19.5. The highest BCUT2D eigenvalue weighted by Crippen LogP contribution is 2.28. The topological polar surface area (TPSA) is 162 Å². The lowest BCUT2D eigenvalue weighted by atomic mass is 10.2. The van der Waals surface area contributed by atoms with Gasteiger partial charge in [0.05, 0.1) is 14.7 Å². The quantitative estimate of drug-likeness (QED) is 0.456. The van der Waals surface area contributed by atoms with Gasteiger partial charge in [0.25, 0.3) is 5.69 Å². The summed E-state index contributed by atoms with van der Waals surface area (Å²) >= 11 is 0. The molecular weight excluding hydrogens is 384 g/mol. The molecule has 0 spiro atoms. The maximum Gasteiger partial charge on any atom is 0.293 e. The zero-order valence-electron chi connectivity index (χ0n) is 13.5. The van der Waals surface area contributed by atoms with Gasteiger partial charge in [-0.3, -0.25) is 10.1 Å². The summed E-state index contributed by atoms with van der Waals surface area (Å²) in [4.78, 5) is 10.3. The molecular formula is C14H16N4O6S2. The van der Waals surface area contributed by atoms with Crippen molar-refractivity contribution in [2.24, 2.45) is 5.14 Å². The van der Waals surface area contributed by atoms with E-state index in [1.807, 2.05) is 0 Å². The maximum atomic E-state index is 11.8. The molecule has 0 aromatic heterocycles. The largest absolute Gasteiger partial charge is 0.375 e. The lowest BCUT2D eigenvalue weighted by molar-refractivity contribution is -0.384. The Morgan fingerprint density at radius 1 is 1.04 bits per heavy atom. The molecule has 10 nitrogen and oxygen atoms in total. The van der Waals surface area contributed by atoms with Crippen molar-refractivity contribution in [2.75, 3.05) is 12.4 Å². The van der Waals surface area contributed by atoms with Gasteiger partial charge in [0.1, 0.15) is 5.69 Å². The van der Waals surface area contributed by atoms with Crippen molar-refractivity contribution in [1.82, 2.24) is 4.72 Å². The molecule has 2 aromatic carbocycles. The van der Waals surface area contributed by atoms with Crippen molar-refractivity contribution in [3.63, 3.8) is 0 Å². The maximum absolute atomic E-state index is 11.8. The van der Waals surface area contributed by atoms with Crippen LogP contribution >= 0.6 is 0 Å². The number of sulfonamides is 2. The van der Waals surface area contributed by atoms with E-state index in [1.54, 1.807) is 0 Å². The van der Waals surface area contributed by atoms with Crippen LogP contribution in [0.4, 0.5) is 11.4 Å². The zero-order valence-corrected chi connectivity index (χ0v) is 15.2. The Hall–Kier alpha value is -2.54. The summed E-state index contributed by atoms with van der Waals surface area (Å²) in [5, 5.41) is 19.1. The van der Waals surface area contributed by atoms with Gasteiger partial charge in [-0.05, 0) is 36.9 Å². The van der Waals surface area contributed by atoms with Gasteiger partial charge >= 0.3 is 0 Å². The summed E-state index contributed by atoms with van der Waals surface area (Å²) in [7, 11) is -6.40. The average molecular weight is 400 g/mol. The smallest absolute Gasteiger partial charge is 0.293 e. The van der Waals surface area contributed by atoms with Gasteiger partial charge < -0.3 is 5.32 Å². The van der Waals surface area contributed by atoms with E-state index in [9.17, 15) is 26.9 Å². The minimum atomic E-state index is -3.81. The van der Waals surface area contributed by atoms with Crippen molar-refractivity contribution in [3.8, 4) is 0 Å². The molecule has 0 atom stereocenters. The summed E-state index contributed by atoms with van der Waals surface area (Å²) in [5.74, 6) is 0. The number of hydrogen-bond acceptors (Lipinski definition) is 7. The first-order chi connectivity index (χ1) is 12.0. The van der Waals surface area contributed by atoms with Crippen LogP contribution < -0.4 is 15.2 Å². The third-order valence-corrected chi connectivity index (χ3v) is 5.82. The number of rotatable bonds is 7. The van der Waals surface area contributed by atoms with E-state index in [2.05, 4.69) is 10.0 Å². The van der Waals surface area contributed by atoms with Gasteiger partial charge in [-0.2, -0.15) is 0 Å². The summed E-state index contributed by atoms with van der Waals surface area (Å²) in [6.07, 6.45) is 0. The first-order valence-corrected chi connectivity index (χ1v) is 10.1. The van der Waals surface area contributed by atoms with Crippen LogP contribution in [0.1, 0.15) is 5.56 Å². The van der Waals surface area contributed by atoms with E-state index in [-0.39, 0.29) is 22.0 Å². The second kappa shape index (κ2) is 7.37. The highest BCUT2D eigenvalue weighted by Gasteiger charge is 2.20. The number of anilines is 1. The molecule has 4 N–H and O–H groups in total. The van der Waals surface area contributed by atoms with Gasteiger partial charge in [-0.25, -0.2) is 26.7 Å². The number of nitrogens with one attached hydrogen (secondary N) is 2. The van der Waals surface area contributed by atoms with Crippen LogP contribution in [0.5, 0.6) is 0 Å². The highest BCUT2D eigenvalue weighted by atomic mass is 32.2. The Kier molecular flexibility index (Phi) is 5.61. The van der Waals surface area contributed by atoms with E-state index in [4.69, 9.17) is 5.14 Å². The molecule has 0 aliphatic heterocycles.